The standard InChI is InChI=1S/C55H43NO/c1-53(2)43-25-11-10-24-42(43)52-47(53)29-17-30-49(52)56(39-32-33-51-48(35-39)54(3,4)46-28-14-15-31-50(46)57-51)38-21-16-20-37(34-38)55(36-18-6-5-7-19-36)44-26-12-8-22-40(44)41-23-9-13-27-45(41)55/h5-35H,1-4H3. The van der Waals surface area contributed by atoms with E-state index < -0.39 is 5.41 Å². The van der Waals surface area contributed by atoms with Crippen molar-refractivity contribution in [2.24, 2.45) is 0 Å². The van der Waals surface area contributed by atoms with E-state index in [4.69, 9.17) is 4.74 Å². The topological polar surface area (TPSA) is 12.5 Å². The minimum absolute atomic E-state index is 0.139. The predicted octanol–water partition coefficient (Wildman–Crippen LogP) is 14.3. The van der Waals surface area contributed by atoms with Gasteiger partial charge in [0.15, 0.2) is 0 Å². The monoisotopic (exact) mass is 733 g/mol. The Balaban J connectivity index is 1.19. The first-order valence-electron chi connectivity index (χ1n) is 20.1. The van der Waals surface area contributed by atoms with E-state index in [9.17, 15) is 0 Å². The Kier molecular flexibility index (Phi) is 7.20. The van der Waals surface area contributed by atoms with Gasteiger partial charge in [0.05, 0.1) is 11.1 Å². The van der Waals surface area contributed by atoms with Crippen molar-refractivity contribution >= 4 is 17.1 Å². The van der Waals surface area contributed by atoms with Crippen molar-refractivity contribution in [1.29, 1.82) is 0 Å². The zero-order valence-corrected chi connectivity index (χ0v) is 32.8. The van der Waals surface area contributed by atoms with Gasteiger partial charge >= 0.3 is 0 Å². The molecule has 0 atom stereocenters. The number of fused-ring (bicyclic) bond motifs is 8. The number of hydrogen-bond donors (Lipinski definition) is 0. The summed E-state index contributed by atoms with van der Waals surface area (Å²) in [5, 5.41) is 0. The third-order valence-electron chi connectivity index (χ3n) is 13.2. The molecule has 0 saturated carbocycles. The van der Waals surface area contributed by atoms with Gasteiger partial charge in [-0.15, -0.1) is 0 Å². The van der Waals surface area contributed by atoms with Crippen LogP contribution in [-0.4, -0.2) is 0 Å². The molecule has 0 saturated heterocycles. The molecule has 2 heteroatoms. The summed E-state index contributed by atoms with van der Waals surface area (Å²) in [4.78, 5) is 2.50. The molecule has 2 aliphatic carbocycles. The largest absolute Gasteiger partial charge is 0.457 e. The summed E-state index contributed by atoms with van der Waals surface area (Å²) in [7, 11) is 0. The number of hydrogen-bond acceptors (Lipinski definition) is 2. The van der Waals surface area contributed by atoms with Crippen LogP contribution in [0.2, 0.25) is 0 Å². The summed E-state index contributed by atoms with van der Waals surface area (Å²) in [6, 6.07) is 69.5. The minimum atomic E-state index is -0.515. The fraction of sp³-hybridized carbons (Fsp3) is 0.127. The average molecular weight is 734 g/mol. The predicted molar refractivity (Wildman–Crippen MR) is 235 cm³/mol. The highest BCUT2D eigenvalue weighted by atomic mass is 16.5. The van der Waals surface area contributed by atoms with Crippen LogP contribution in [-0.2, 0) is 16.2 Å². The van der Waals surface area contributed by atoms with E-state index in [2.05, 4.69) is 221 Å². The number of para-hydroxylation sites is 1. The zero-order chi connectivity index (χ0) is 38.5. The van der Waals surface area contributed by atoms with Gasteiger partial charge in [-0.05, 0) is 92.5 Å². The number of anilines is 3. The highest BCUT2D eigenvalue weighted by Crippen LogP contribution is 2.58. The van der Waals surface area contributed by atoms with Crippen LogP contribution in [0.4, 0.5) is 17.1 Å². The molecule has 0 radical (unpaired) electrons. The molecule has 57 heavy (non-hydrogen) atoms. The van der Waals surface area contributed by atoms with Gasteiger partial charge in [-0.1, -0.05) is 173 Å². The molecule has 0 bridgehead atoms. The van der Waals surface area contributed by atoms with Crippen molar-refractivity contribution in [3.63, 3.8) is 0 Å². The Morgan fingerprint density at radius 1 is 0.368 bits per heavy atom. The van der Waals surface area contributed by atoms with Crippen molar-refractivity contribution < 1.29 is 4.74 Å². The van der Waals surface area contributed by atoms with E-state index >= 15 is 0 Å². The maximum atomic E-state index is 6.60. The van der Waals surface area contributed by atoms with E-state index in [-0.39, 0.29) is 10.8 Å². The van der Waals surface area contributed by atoms with Gasteiger partial charge in [-0.3, -0.25) is 0 Å². The highest BCUT2D eigenvalue weighted by molar-refractivity contribution is 5.95. The molecule has 0 amide bonds. The lowest BCUT2D eigenvalue weighted by molar-refractivity contribution is 0.418. The molecule has 0 N–H and O–H groups in total. The Morgan fingerprint density at radius 3 is 1.63 bits per heavy atom. The van der Waals surface area contributed by atoms with Crippen molar-refractivity contribution in [1.82, 2.24) is 0 Å². The molecule has 8 aromatic carbocycles. The van der Waals surface area contributed by atoms with Gasteiger partial charge in [-0.25, -0.2) is 0 Å². The molecule has 2 nitrogen and oxygen atoms in total. The van der Waals surface area contributed by atoms with Crippen molar-refractivity contribution in [2.75, 3.05) is 4.90 Å². The molecule has 0 aromatic heterocycles. The molecule has 11 rings (SSSR count). The Labute approximate surface area is 335 Å². The van der Waals surface area contributed by atoms with Gasteiger partial charge in [0.25, 0.3) is 0 Å². The fourth-order valence-corrected chi connectivity index (χ4v) is 10.5. The van der Waals surface area contributed by atoms with Crippen LogP contribution in [0.5, 0.6) is 11.5 Å². The van der Waals surface area contributed by atoms with E-state index in [1.165, 1.54) is 72.4 Å². The number of benzene rings is 8. The van der Waals surface area contributed by atoms with E-state index in [0.29, 0.717) is 0 Å². The summed E-state index contributed by atoms with van der Waals surface area (Å²) < 4.78 is 6.60. The Morgan fingerprint density at radius 2 is 0.895 bits per heavy atom. The molecular weight excluding hydrogens is 691 g/mol. The van der Waals surface area contributed by atoms with Crippen LogP contribution < -0.4 is 9.64 Å². The lowest BCUT2D eigenvalue weighted by Crippen LogP contribution is -2.29. The third-order valence-corrected chi connectivity index (χ3v) is 13.2. The summed E-state index contributed by atoms with van der Waals surface area (Å²) in [6.45, 7) is 9.36. The fourth-order valence-electron chi connectivity index (χ4n) is 10.5. The van der Waals surface area contributed by atoms with Crippen LogP contribution >= 0.6 is 0 Å². The smallest absolute Gasteiger partial charge is 0.131 e. The summed E-state index contributed by atoms with van der Waals surface area (Å²) in [5.41, 5.74) is 17.8. The number of nitrogens with zero attached hydrogens (tertiary/aromatic N) is 1. The van der Waals surface area contributed by atoms with Gasteiger partial charge in [-0.2, -0.15) is 0 Å². The molecule has 8 aromatic rings. The van der Waals surface area contributed by atoms with E-state index in [1.54, 1.807) is 0 Å². The maximum Gasteiger partial charge on any atom is 0.131 e. The number of ether oxygens (including phenoxy) is 1. The van der Waals surface area contributed by atoms with Crippen LogP contribution in [0.1, 0.15) is 72.2 Å². The summed E-state index contributed by atoms with van der Waals surface area (Å²) in [6.07, 6.45) is 0. The third kappa shape index (κ3) is 4.65. The van der Waals surface area contributed by atoms with Crippen LogP contribution in [0.3, 0.4) is 0 Å². The van der Waals surface area contributed by atoms with Crippen LogP contribution in [0.25, 0.3) is 22.3 Å². The second-order valence-electron chi connectivity index (χ2n) is 16.9. The van der Waals surface area contributed by atoms with Crippen LogP contribution in [0.15, 0.2) is 188 Å². The average Bonchev–Trinajstić information content (AvgIpc) is 3.68. The second kappa shape index (κ2) is 12.2. The maximum absolute atomic E-state index is 6.60. The first-order chi connectivity index (χ1) is 27.8. The minimum Gasteiger partial charge on any atom is -0.457 e. The lowest BCUT2D eigenvalue weighted by atomic mass is 9.67. The quantitative estimate of drug-likeness (QED) is 0.175. The van der Waals surface area contributed by atoms with Gasteiger partial charge < -0.3 is 9.64 Å². The molecule has 1 heterocycles. The van der Waals surface area contributed by atoms with Gasteiger partial charge in [0.1, 0.15) is 11.5 Å². The highest BCUT2D eigenvalue weighted by Gasteiger charge is 2.46. The first kappa shape index (κ1) is 33.7. The molecule has 0 unspecified atom stereocenters. The first-order valence-corrected chi connectivity index (χ1v) is 20.1. The Bertz CT molecular complexity index is 2850. The Hall–Kier alpha value is -6.64. The molecular formula is C55H43NO. The normalized spacial score (nSPS) is 15.6. The van der Waals surface area contributed by atoms with Crippen molar-refractivity contribution in [3.05, 3.63) is 233 Å². The molecule has 0 fully saturated rings. The zero-order valence-electron chi connectivity index (χ0n) is 32.8. The molecule has 0 spiro atoms. The van der Waals surface area contributed by atoms with Crippen LogP contribution in [0, 0.1) is 0 Å². The summed E-state index contributed by atoms with van der Waals surface area (Å²) in [5.74, 6) is 1.83. The van der Waals surface area contributed by atoms with Crippen molar-refractivity contribution in [2.45, 2.75) is 43.9 Å². The SMILES string of the molecule is CC1(C)c2ccccc2Oc2ccc(N(c3cccc(C4(c5ccccc5)c5ccccc5-c5ccccc54)c3)c3cccc4c3-c3ccccc3C4(C)C)cc21. The molecule has 1 aliphatic heterocycles. The molecule has 3 aliphatic rings. The summed E-state index contributed by atoms with van der Waals surface area (Å²) >= 11 is 0. The lowest BCUT2D eigenvalue weighted by Gasteiger charge is -2.37. The second-order valence-corrected chi connectivity index (χ2v) is 16.9. The van der Waals surface area contributed by atoms with Gasteiger partial charge in [0, 0.05) is 38.9 Å². The van der Waals surface area contributed by atoms with E-state index in [1.807, 2.05) is 0 Å². The van der Waals surface area contributed by atoms with E-state index in [0.717, 1.165) is 22.9 Å². The van der Waals surface area contributed by atoms with Crippen molar-refractivity contribution in [3.8, 4) is 33.8 Å². The molecule has 274 valence electrons. The number of rotatable bonds is 5. The van der Waals surface area contributed by atoms with Gasteiger partial charge in [0.2, 0.25) is 0 Å².